The van der Waals surface area contributed by atoms with Gasteiger partial charge in [0.1, 0.15) is 30.2 Å². The molecule has 35 nitrogen and oxygen atoms in total. The highest BCUT2D eigenvalue weighted by Crippen LogP contribution is 2.20. The van der Waals surface area contributed by atoms with Crippen LogP contribution in [-0.2, 0) is 54.5 Å². The van der Waals surface area contributed by atoms with Gasteiger partial charge in [0, 0.05) is 78.2 Å². The van der Waals surface area contributed by atoms with Crippen LogP contribution in [0.2, 0.25) is 0 Å². The van der Waals surface area contributed by atoms with Crippen molar-refractivity contribution >= 4 is 93.7 Å². The highest BCUT2D eigenvalue weighted by molar-refractivity contribution is 5.97. The van der Waals surface area contributed by atoms with E-state index in [1.807, 2.05) is 4.90 Å². The lowest BCUT2D eigenvalue weighted by atomic mass is 10.0. The standard InChI is InChI=1S/C55H88N20O15/c1-32(76)73(88)27-9-12-38(58)49(81)66-42(16-11-29-75(90)34(3)78)53(85)68-40(15-10-28-74(89)33(2)77)51(83)62-26-25-61-50(82)39(13-5-7-23-56)67-52(84)41(14-6-8-24-57)65-44(79)22-21-43(54(86)87)69-48(80)35-17-19-37(20-18-35)72(4)31-36-30-63-47-45(64-36)46(59)70-55(60)71-47/h17-20,30,38-43,88-90H,5-16,21-29,31,56-58H2,1-4H3,(H,61,82)(H,62,83)(H,65,79)(H,66,81)(H,67,84)(H,68,85)(H,69,80)(H,86,87)(H4,59,60,63,70,71)/t38-,39-,40-,41-,42?,43+/m0/s1. The zero-order valence-electron chi connectivity index (χ0n) is 51.2. The molecule has 0 fully saturated rings. The Labute approximate surface area is 519 Å². The Kier molecular flexibility index (Phi) is 32.7. The third kappa shape index (κ3) is 26.7. The Morgan fingerprint density at radius 3 is 1.48 bits per heavy atom. The number of anilines is 3. The fourth-order valence-corrected chi connectivity index (χ4v) is 8.76. The normalized spacial score (nSPS) is 13.0. The molecule has 0 aliphatic carbocycles. The van der Waals surface area contributed by atoms with Crippen LogP contribution in [0.3, 0.4) is 0 Å². The van der Waals surface area contributed by atoms with Gasteiger partial charge in [0.05, 0.1) is 24.5 Å². The van der Waals surface area contributed by atoms with Crippen LogP contribution < -0.4 is 70.8 Å². The number of carboxylic acids is 1. The van der Waals surface area contributed by atoms with Gasteiger partial charge in [0.25, 0.3) is 5.91 Å². The number of fused-ring (bicyclic) bond motifs is 1. The zero-order chi connectivity index (χ0) is 67.0. The maximum Gasteiger partial charge on any atom is 0.326 e. The number of nitrogens with two attached hydrogens (primary N) is 5. The summed E-state index contributed by atoms with van der Waals surface area (Å²) in [6, 6.07) is -1.64. The number of amides is 10. The van der Waals surface area contributed by atoms with E-state index in [4.69, 9.17) is 28.7 Å². The van der Waals surface area contributed by atoms with Gasteiger partial charge >= 0.3 is 5.97 Å². The molecule has 90 heavy (non-hydrogen) atoms. The predicted molar refractivity (Wildman–Crippen MR) is 323 cm³/mol. The lowest BCUT2D eigenvalue weighted by molar-refractivity contribution is -0.163. The van der Waals surface area contributed by atoms with Gasteiger partial charge in [-0.15, -0.1) is 0 Å². The van der Waals surface area contributed by atoms with E-state index in [9.17, 15) is 73.5 Å². The average Bonchev–Trinajstić information content (AvgIpc) is 1.13. The Morgan fingerprint density at radius 2 is 1.00 bits per heavy atom. The molecule has 3 rings (SSSR count). The van der Waals surface area contributed by atoms with Crippen LogP contribution in [0, 0.1) is 0 Å². The van der Waals surface area contributed by atoms with E-state index in [1.165, 1.54) is 18.3 Å². The van der Waals surface area contributed by atoms with Gasteiger partial charge < -0.3 is 75.9 Å². The number of hydrogen-bond donors (Lipinski definition) is 16. The van der Waals surface area contributed by atoms with Gasteiger partial charge in [-0.05, 0) is 121 Å². The largest absolute Gasteiger partial charge is 0.480 e. The maximum absolute atomic E-state index is 13.9. The molecule has 0 saturated carbocycles. The maximum atomic E-state index is 13.9. The molecule has 10 amide bonds. The summed E-state index contributed by atoms with van der Waals surface area (Å²) >= 11 is 0. The molecule has 2 aromatic heterocycles. The van der Waals surface area contributed by atoms with Crippen LogP contribution in [0.4, 0.5) is 17.5 Å². The summed E-state index contributed by atoms with van der Waals surface area (Å²) in [6.45, 7) is 3.05. The van der Waals surface area contributed by atoms with Crippen molar-refractivity contribution in [3.8, 4) is 0 Å². The number of nitrogens with one attached hydrogen (secondary N) is 7. The molecule has 0 saturated heterocycles. The summed E-state index contributed by atoms with van der Waals surface area (Å²) in [5.41, 5.74) is 31.0. The second kappa shape index (κ2) is 39.1. The number of aliphatic carboxylic acids is 1. The van der Waals surface area contributed by atoms with E-state index in [-0.39, 0.29) is 139 Å². The Balaban J connectivity index is 1.67. The van der Waals surface area contributed by atoms with Gasteiger partial charge in [-0.25, -0.2) is 30.0 Å². The summed E-state index contributed by atoms with van der Waals surface area (Å²) in [6.07, 6.45) is 2.26. The van der Waals surface area contributed by atoms with E-state index in [2.05, 4.69) is 57.2 Å². The van der Waals surface area contributed by atoms with Crippen LogP contribution in [0.1, 0.15) is 127 Å². The molecular weight excluding hydrogens is 1180 g/mol. The lowest BCUT2D eigenvalue weighted by Crippen LogP contribution is -2.56. The van der Waals surface area contributed by atoms with E-state index in [0.717, 1.165) is 20.8 Å². The number of carbonyl (C=O) groups is 11. The van der Waals surface area contributed by atoms with Crippen molar-refractivity contribution in [1.82, 2.24) is 72.3 Å². The highest BCUT2D eigenvalue weighted by atomic mass is 16.5. The third-order valence-electron chi connectivity index (χ3n) is 13.9. The summed E-state index contributed by atoms with van der Waals surface area (Å²) in [4.78, 5) is 161. The molecule has 0 aliphatic heterocycles. The number of benzene rings is 1. The minimum Gasteiger partial charge on any atom is -0.480 e. The van der Waals surface area contributed by atoms with Gasteiger partial charge in [-0.3, -0.25) is 63.6 Å². The first-order valence-corrected chi connectivity index (χ1v) is 29.4. The molecule has 0 radical (unpaired) electrons. The number of aromatic nitrogens is 4. The number of unbranched alkanes of at least 4 members (excludes halogenated alkanes) is 2. The smallest absolute Gasteiger partial charge is 0.326 e. The Bertz CT molecular complexity index is 2910. The number of nitrogen functional groups attached to an aromatic ring is 2. The monoisotopic (exact) mass is 1270 g/mol. The predicted octanol–water partition coefficient (Wildman–Crippen LogP) is -3.01. The second-order valence-corrected chi connectivity index (χ2v) is 21.2. The van der Waals surface area contributed by atoms with Crippen LogP contribution in [0.15, 0.2) is 30.5 Å². The first-order chi connectivity index (χ1) is 42.6. The Morgan fingerprint density at radius 1 is 0.544 bits per heavy atom. The lowest BCUT2D eigenvalue weighted by Gasteiger charge is -2.25. The molecule has 3 aromatic rings. The number of rotatable bonds is 41. The number of carboxylic acid groups (broad SMARTS) is 1. The van der Waals surface area contributed by atoms with Crippen LogP contribution in [-0.4, -0.2) is 210 Å². The number of hydroxylamine groups is 6. The summed E-state index contributed by atoms with van der Waals surface area (Å²) in [7, 11) is 1.77. The van der Waals surface area contributed by atoms with Crippen molar-refractivity contribution in [3.05, 3.63) is 41.7 Å². The number of hydrogen-bond acceptors (Lipinski definition) is 24. The van der Waals surface area contributed by atoms with E-state index in [1.54, 1.807) is 19.2 Å². The fraction of sp³-hybridized carbons (Fsp3) is 0.582. The van der Waals surface area contributed by atoms with Crippen LogP contribution in [0.5, 0.6) is 0 Å². The molecule has 2 heterocycles. The van der Waals surface area contributed by atoms with Gasteiger partial charge in [0.15, 0.2) is 17.0 Å². The molecule has 35 heteroatoms. The van der Waals surface area contributed by atoms with Crippen molar-refractivity contribution in [2.45, 2.75) is 153 Å². The molecule has 21 N–H and O–H groups in total. The quantitative estimate of drug-likeness (QED) is 0.0153. The van der Waals surface area contributed by atoms with Crippen LogP contribution >= 0.6 is 0 Å². The molecule has 6 atom stereocenters. The minimum atomic E-state index is -1.52. The molecule has 0 aliphatic rings. The summed E-state index contributed by atoms with van der Waals surface area (Å²) in [5, 5.41) is 59.0. The van der Waals surface area contributed by atoms with Gasteiger partial charge in [-0.1, -0.05) is 0 Å². The minimum absolute atomic E-state index is 0.0228. The number of nitrogens with zero attached hydrogens (tertiary/aromatic N) is 8. The SMILES string of the molecule is CC(=O)N(O)CCCC(NC(=O)[C@@H](N)CCCN(O)C(C)=O)C(=O)N[C@@H](CCCN(O)C(C)=O)C(=O)NCCNC(=O)[C@H](CCCCN)NC(=O)[C@H](CCCCN)NC(=O)CC[C@@H](NC(=O)c1ccc(N(C)Cc2cnc3nc(N)nc(N)c3n2)cc1)C(=O)O. The van der Waals surface area contributed by atoms with Crippen molar-refractivity contribution in [3.63, 3.8) is 0 Å². The van der Waals surface area contributed by atoms with Gasteiger partial charge in [-0.2, -0.15) is 9.97 Å². The summed E-state index contributed by atoms with van der Waals surface area (Å²) in [5.74, 6) is -8.80. The van der Waals surface area contributed by atoms with E-state index in [0.29, 0.717) is 52.3 Å². The molecule has 1 aromatic carbocycles. The van der Waals surface area contributed by atoms with E-state index < -0.39 is 108 Å². The topological polar surface area (TPSA) is 548 Å². The molecular formula is C55H88N20O15. The molecule has 0 bridgehead atoms. The zero-order valence-corrected chi connectivity index (χ0v) is 51.2. The van der Waals surface area contributed by atoms with Crippen molar-refractivity contribution in [1.29, 1.82) is 0 Å². The third-order valence-corrected chi connectivity index (χ3v) is 13.9. The van der Waals surface area contributed by atoms with Crippen LogP contribution in [0.25, 0.3) is 11.2 Å². The van der Waals surface area contributed by atoms with Crippen molar-refractivity contribution < 1.29 is 73.5 Å². The highest BCUT2D eigenvalue weighted by Gasteiger charge is 2.31. The Hall–Kier alpha value is -9.03. The summed E-state index contributed by atoms with van der Waals surface area (Å²) < 4.78 is 0. The first-order valence-electron chi connectivity index (χ1n) is 29.4. The fourth-order valence-electron chi connectivity index (χ4n) is 8.76. The van der Waals surface area contributed by atoms with Crippen molar-refractivity contribution in [2.24, 2.45) is 17.2 Å². The molecule has 498 valence electrons. The molecule has 1 unspecified atom stereocenters. The molecule has 0 spiro atoms. The van der Waals surface area contributed by atoms with Crippen molar-refractivity contribution in [2.75, 3.05) is 69.2 Å². The van der Waals surface area contributed by atoms with Gasteiger partial charge in [0.2, 0.25) is 59.1 Å². The average molecular weight is 1270 g/mol. The first kappa shape index (κ1) is 75.2. The second-order valence-electron chi connectivity index (χ2n) is 21.2. The van der Waals surface area contributed by atoms with E-state index >= 15 is 0 Å². The number of carbonyl (C=O) groups excluding carboxylic acids is 10.